The summed E-state index contributed by atoms with van der Waals surface area (Å²) in [6.07, 6.45) is 3.56. The van der Waals surface area contributed by atoms with Gasteiger partial charge in [0.2, 0.25) is 5.91 Å². The molecule has 1 amide bonds. The SMILES string of the molecule is CCCC(C)C(=O)COCCOCCOCCOCCOCCOCCNC(=O)C(C)(CC)CC. The lowest BCUT2D eigenvalue weighted by molar-refractivity contribution is -0.131. The third kappa shape index (κ3) is 18.8. The Labute approximate surface area is 212 Å². The van der Waals surface area contributed by atoms with E-state index in [4.69, 9.17) is 28.4 Å². The number of carbonyl (C=O) groups excluding carboxylic acids is 2. The van der Waals surface area contributed by atoms with E-state index >= 15 is 0 Å². The van der Waals surface area contributed by atoms with Crippen molar-refractivity contribution in [2.75, 3.05) is 85.8 Å². The molecule has 0 saturated heterocycles. The van der Waals surface area contributed by atoms with E-state index in [-0.39, 0.29) is 29.6 Å². The fourth-order valence-corrected chi connectivity index (χ4v) is 3.03. The van der Waals surface area contributed by atoms with Crippen molar-refractivity contribution in [1.29, 1.82) is 0 Å². The molecule has 208 valence electrons. The van der Waals surface area contributed by atoms with E-state index in [9.17, 15) is 9.59 Å². The van der Waals surface area contributed by atoms with Crippen molar-refractivity contribution in [3.63, 3.8) is 0 Å². The molecule has 0 aromatic heterocycles. The molecule has 9 heteroatoms. The Hall–Kier alpha value is -1.10. The highest BCUT2D eigenvalue weighted by molar-refractivity contribution is 5.82. The first-order chi connectivity index (χ1) is 16.9. The number of amides is 1. The molecule has 0 aliphatic carbocycles. The van der Waals surface area contributed by atoms with Crippen LogP contribution in [0, 0.1) is 11.3 Å². The standard InChI is InChI=1S/C26H51NO8/c1-6-9-23(4)24(28)22-35-21-20-34-19-18-33-17-16-32-15-14-31-13-12-30-11-10-27-25(29)26(5,7-2)8-3/h23H,6-22H2,1-5H3,(H,27,29). The summed E-state index contributed by atoms with van der Waals surface area (Å²) in [4.78, 5) is 23.9. The number of Topliss-reactive ketones (excluding diaryl/α,β-unsaturated/α-hetero) is 1. The highest BCUT2D eigenvalue weighted by atomic mass is 16.6. The Morgan fingerprint density at radius 1 is 0.686 bits per heavy atom. The maximum absolute atomic E-state index is 12.1. The van der Waals surface area contributed by atoms with Crippen LogP contribution in [-0.4, -0.2) is 97.5 Å². The number of ketones is 1. The number of carbonyl (C=O) groups is 2. The number of rotatable bonds is 26. The summed E-state index contributed by atoms with van der Waals surface area (Å²) in [6.45, 7) is 16.0. The van der Waals surface area contributed by atoms with Crippen molar-refractivity contribution in [3.8, 4) is 0 Å². The van der Waals surface area contributed by atoms with Crippen LogP contribution in [0.15, 0.2) is 0 Å². The Morgan fingerprint density at radius 3 is 1.49 bits per heavy atom. The van der Waals surface area contributed by atoms with Gasteiger partial charge in [-0.2, -0.15) is 0 Å². The maximum atomic E-state index is 12.1. The second kappa shape index (κ2) is 23.3. The average Bonchev–Trinajstić information content (AvgIpc) is 2.86. The zero-order valence-corrected chi connectivity index (χ0v) is 22.9. The van der Waals surface area contributed by atoms with Crippen LogP contribution in [0.3, 0.4) is 0 Å². The molecule has 0 bridgehead atoms. The lowest BCUT2D eigenvalue weighted by Crippen LogP contribution is -2.39. The minimum absolute atomic E-state index is 0.0665. The summed E-state index contributed by atoms with van der Waals surface area (Å²) in [5.74, 6) is 0.303. The van der Waals surface area contributed by atoms with Crippen LogP contribution in [-0.2, 0) is 38.0 Å². The Morgan fingerprint density at radius 2 is 1.09 bits per heavy atom. The summed E-state index contributed by atoms with van der Waals surface area (Å²) < 4.78 is 32.6. The third-order valence-electron chi connectivity index (χ3n) is 6.02. The highest BCUT2D eigenvalue weighted by Crippen LogP contribution is 2.25. The van der Waals surface area contributed by atoms with Crippen molar-refractivity contribution in [3.05, 3.63) is 0 Å². The van der Waals surface area contributed by atoms with E-state index in [1.165, 1.54) is 0 Å². The van der Waals surface area contributed by atoms with Gasteiger partial charge in [-0.3, -0.25) is 9.59 Å². The molecule has 0 aliphatic heterocycles. The smallest absolute Gasteiger partial charge is 0.225 e. The molecule has 0 aromatic rings. The quantitative estimate of drug-likeness (QED) is 0.179. The number of hydrogen-bond donors (Lipinski definition) is 1. The fourth-order valence-electron chi connectivity index (χ4n) is 3.03. The van der Waals surface area contributed by atoms with Gasteiger partial charge < -0.3 is 33.7 Å². The summed E-state index contributed by atoms with van der Waals surface area (Å²) >= 11 is 0. The second-order valence-corrected chi connectivity index (χ2v) is 8.79. The Kier molecular flexibility index (Phi) is 22.6. The topological polar surface area (TPSA) is 102 Å². The minimum atomic E-state index is -0.299. The molecule has 1 atom stereocenters. The molecule has 0 spiro atoms. The molecule has 0 radical (unpaired) electrons. The van der Waals surface area contributed by atoms with Gasteiger partial charge in [0.05, 0.1) is 72.7 Å². The third-order valence-corrected chi connectivity index (χ3v) is 6.02. The van der Waals surface area contributed by atoms with Crippen molar-refractivity contribution in [2.24, 2.45) is 11.3 Å². The maximum Gasteiger partial charge on any atom is 0.225 e. The van der Waals surface area contributed by atoms with Gasteiger partial charge in [0, 0.05) is 17.9 Å². The first-order valence-electron chi connectivity index (χ1n) is 13.2. The van der Waals surface area contributed by atoms with Gasteiger partial charge in [-0.15, -0.1) is 0 Å². The minimum Gasteiger partial charge on any atom is -0.377 e. The van der Waals surface area contributed by atoms with Crippen LogP contribution < -0.4 is 5.32 Å². The normalized spacial score (nSPS) is 12.6. The molecule has 0 saturated carbocycles. The Balaban J connectivity index is 3.27. The van der Waals surface area contributed by atoms with E-state index in [0.717, 1.165) is 25.7 Å². The molecular weight excluding hydrogens is 454 g/mol. The predicted molar refractivity (Wildman–Crippen MR) is 136 cm³/mol. The first-order valence-corrected chi connectivity index (χ1v) is 13.2. The van der Waals surface area contributed by atoms with Crippen LogP contribution in [0.4, 0.5) is 0 Å². The van der Waals surface area contributed by atoms with Crippen LogP contribution in [0.25, 0.3) is 0 Å². The highest BCUT2D eigenvalue weighted by Gasteiger charge is 2.28. The van der Waals surface area contributed by atoms with Gasteiger partial charge in [0.1, 0.15) is 6.61 Å². The Bertz CT molecular complexity index is 514. The number of nitrogens with one attached hydrogen (secondary N) is 1. The van der Waals surface area contributed by atoms with E-state index in [0.29, 0.717) is 79.2 Å². The lowest BCUT2D eigenvalue weighted by Gasteiger charge is -2.25. The van der Waals surface area contributed by atoms with Gasteiger partial charge >= 0.3 is 0 Å². The molecular formula is C26H51NO8. The summed E-state index contributed by atoms with van der Waals surface area (Å²) in [6, 6.07) is 0. The molecule has 9 nitrogen and oxygen atoms in total. The molecule has 35 heavy (non-hydrogen) atoms. The zero-order valence-electron chi connectivity index (χ0n) is 22.9. The number of hydrogen-bond acceptors (Lipinski definition) is 8. The van der Waals surface area contributed by atoms with Crippen LogP contribution in [0.2, 0.25) is 0 Å². The van der Waals surface area contributed by atoms with Gasteiger partial charge in [-0.25, -0.2) is 0 Å². The van der Waals surface area contributed by atoms with Gasteiger partial charge in [0.25, 0.3) is 0 Å². The molecule has 0 aromatic carbocycles. The van der Waals surface area contributed by atoms with Gasteiger partial charge in [-0.1, -0.05) is 41.0 Å². The molecule has 0 fully saturated rings. The fraction of sp³-hybridized carbons (Fsp3) is 0.923. The second-order valence-electron chi connectivity index (χ2n) is 8.79. The zero-order chi connectivity index (χ0) is 26.2. The van der Waals surface area contributed by atoms with E-state index in [2.05, 4.69) is 12.2 Å². The number of ether oxygens (including phenoxy) is 6. The average molecular weight is 506 g/mol. The van der Waals surface area contributed by atoms with Crippen LogP contribution in [0.5, 0.6) is 0 Å². The molecule has 0 rings (SSSR count). The van der Waals surface area contributed by atoms with Gasteiger partial charge in [-0.05, 0) is 19.3 Å². The van der Waals surface area contributed by atoms with Crippen LogP contribution >= 0.6 is 0 Å². The summed E-state index contributed by atoms with van der Waals surface area (Å²) in [5.41, 5.74) is -0.299. The summed E-state index contributed by atoms with van der Waals surface area (Å²) in [5, 5.41) is 2.93. The van der Waals surface area contributed by atoms with Crippen molar-refractivity contribution in [1.82, 2.24) is 5.32 Å². The van der Waals surface area contributed by atoms with Crippen molar-refractivity contribution in [2.45, 2.75) is 60.3 Å². The van der Waals surface area contributed by atoms with Crippen molar-refractivity contribution < 1.29 is 38.0 Å². The van der Waals surface area contributed by atoms with E-state index < -0.39 is 0 Å². The van der Waals surface area contributed by atoms with Crippen LogP contribution in [0.1, 0.15) is 60.3 Å². The van der Waals surface area contributed by atoms with E-state index in [1.54, 1.807) is 0 Å². The largest absolute Gasteiger partial charge is 0.377 e. The molecule has 0 heterocycles. The van der Waals surface area contributed by atoms with Gasteiger partial charge in [0.15, 0.2) is 5.78 Å². The van der Waals surface area contributed by atoms with E-state index in [1.807, 2.05) is 27.7 Å². The predicted octanol–water partition coefficient (Wildman–Crippen LogP) is 3.03. The molecule has 1 unspecified atom stereocenters. The molecule has 1 N–H and O–H groups in total. The first kappa shape index (κ1) is 33.9. The monoisotopic (exact) mass is 505 g/mol. The lowest BCUT2D eigenvalue weighted by atomic mass is 9.84. The molecule has 0 aliphatic rings. The summed E-state index contributed by atoms with van der Waals surface area (Å²) in [7, 11) is 0. The van der Waals surface area contributed by atoms with Crippen molar-refractivity contribution >= 4 is 11.7 Å².